The smallest absolute Gasteiger partial charge is 0.307 e. The molecule has 2 atom stereocenters. The van der Waals surface area contributed by atoms with E-state index in [2.05, 4.69) is 5.32 Å². The lowest BCUT2D eigenvalue weighted by molar-refractivity contribution is -0.191. The number of esters is 1. The van der Waals surface area contributed by atoms with Crippen molar-refractivity contribution in [1.29, 1.82) is 0 Å². The number of ether oxygens (including phenoxy) is 1. The third-order valence-corrected chi connectivity index (χ3v) is 2.60. The van der Waals surface area contributed by atoms with E-state index in [4.69, 9.17) is 9.84 Å². The fourth-order valence-electron chi connectivity index (χ4n) is 1.75. The average molecular weight is 199 g/mol. The van der Waals surface area contributed by atoms with Crippen LogP contribution in [0.2, 0.25) is 0 Å². The van der Waals surface area contributed by atoms with Gasteiger partial charge in [-0.05, 0) is 0 Å². The molecule has 0 radical (unpaired) electrons. The molecule has 0 aromatic carbocycles. The van der Waals surface area contributed by atoms with E-state index >= 15 is 0 Å². The lowest BCUT2D eigenvalue weighted by Gasteiger charge is -2.43. The quantitative estimate of drug-likeness (QED) is 0.412. The average Bonchev–Trinajstić information content (AvgIpc) is 2.14. The maximum absolute atomic E-state index is 11.1. The second-order valence-corrected chi connectivity index (χ2v) is 3.59. The van der Waals surface area contributed by atoms with Crippen molar-refractivity contribution >= 4 is 17.8 Å². The lowest BCUT2D eigenvalue weighted by atomic mass is 9.81. The number of β-lactam (4-membered cyclic amide) rings is 1. The number of rotatable bonds is 1. The molecule has 2 fully saturated rings. The van der Waals surface area contributed by atoms with E-state index in [1.54, 1.807) is 0 Å². The van der Waals surface area contributed by atoms with Crippen LogP contribution in [-0.4, -0.2) is 35.1 Å². The zero-order valence-electron chi connectivity index (χ0n) is 7.28. The fraction of sp³-hybridized carbons (Fsp3) is 0.625. The van der Waals surface area contributed by atoms with Crippen LogP contribution in [-0.2, 0) is 19.1 Å². The maximum atomic E-state index is 11.1. The molecule has 0 bridgehead atoms. The molecule has 6 heteroatoms. The van der Waals surface area contributed by atoms with Crippen molar-refractivity contribution in [2.24, 2.45) is 5.92 Å². The minimum atomic E-state index is -1.20. The van der Waals surface area contributed by atoms with Crippen LogP contribution in [0.5, 0.6) is 0 Å². The van der Waals surface area contributed by atoms with Crippen LogP contribution in [0.25, 0.3) is 0 Å². The molecule has 2 N–H and O–H groups in total. The van der Waals surface area contributed by atoms with Crippen LogP contribution in [0.1, 0.15) is 12.8 Å². The predicted molar refractivity (Wildman–Crippen MR) is 42.2 cm³/mol. The fourth-order valence-corrected chi connectivity index (χ4v) is 1.75. The van der Waals surface area contributed by atoms with E-state index < -0.39 is 29.4 Å². The van der Waals surface area contributed by atoms with Gasteiger partial charge in [0.25, 0.3) is 5.91 Å². The Morgan fingerprint density at radius 1 is 1.57 bits per heavy atom. The maximum Gasteiger partial charge on any atom is 0.307 e. The molecule has 2 saturated heterocycles. The van der Waals surface area contributed by atoms with Gasteiger partial charge in [-0.1, -0.05) is 0 Å². The standard InChI is InChI=1S/C8H9NO5/c10-5-1-4(6(11)12)2-8(14-5)3-9-7(8)13/h4H,1-3H2,(H,9,13)(H,11,12)/t4-,8+/m0/s1. The number of hydrogen-bond donors (Lipinski definition) is 2. The first-order valence-electron chi connectivity index (χ1n) is 4.26. The Hall–Kier alpha value is -1.59. The van der Waals surface area contributed by atoms with Gasteiger partial charge >= 0.3 is 11.9 Å². The number of carbonyl (C=O) groups is 3. The van der Waals surface area contributed by atoms with Gasteiger partial charge in [0, 0.05) is 6.42 Å². The second-order valence-electron chi connectivity index (χ2n) is 3.59. The molecule has 6 nitrogen and oxygen atoms in total. The second kappa shape index (κ2) is 2.70. The largest absolute Gasteiger partial charge is 0.481 e. The van der Waals surface area contributed by atoms with Gasteiger partial charge in [0.05, 0.1) is 18.9 Å². The first-order valence-corrected chi connectivity index (χ1v) is 4.26. The predicted octanol–water partition coefficient (Wildman–Crippen LogP) is -1.11. The topological polar surface area (TPSA) is 92.7 Å². The minimum Gasteiger partial charge on any atom is -0.481 e. The Morgan fingerprint density at radius 3 is 2.71 bits per heavy atom. The summed E-state index contributed by atoms with van der Waals surface area (Å²) in [5.41, 5.74) is -1.20. The molecule has 0 aliphatic carbocycles. The van der Waals surface area contributed by atoms with Gasteiger partial charge in [0.1, 0.15) is 0 Å². The van der Waals surface area contributed by atoms with E-state index in [0.29, 0.717) is 0 Å². The molecule has 0 aromatic heterocycles. The van der Waals surface area contributed by atoms with Crippen LogP contribution in [0.4, 0.5) is 0 Å². The summed E-state index contributed by atoms with van der Waals surface area (Å²) in [4.78, 5) is 32.9. The van der Waals surface area contributed by atoms with Crippen LogP contribution in [0, 0.1) is 5.92 Å². The SMILES string of the molecule is O=C1C[C@H](C(=O)O)C[C@]2(CNC2=O)O1. The van der Waals surface area contributed by atoms with E-state index in [0.717, 1.165) is 0 Å². The van der Waals surface area contributed by atoms with Crippen LogP contribution < -0.4 is 5.32 Å². The molecule has 14 heavy (non-hydrogen) atoms. The highest BCUT2D eigenvalue weighted by molar-refractivity contribution is 5.95. The number of aliphatic carboxylic acids is 1. The Morgan fingerprint density at radius 2 is 2.29 bits per heavy atom. The summed E-state index contributed by atoms with van der Waals surface area (Å²) in [6.07, 6.45) is -0.0652. The summed E-state index contributed by atoms with van der Waals surface area (Å²) in [5, 5.41) is 11.2. The van der Waals surface area contributed by atoms with Crippen molar-refractivity contribution in [1.82, 2.24) is 5.32 Å². The van der Waals surface area contributed by atoms with Crippen LogP contribution in [0.3, 0.4) is 0 Å². The van der Waals surface area contributed by atoms with Gasteiger partial charge in [0.2, 0.25) is 5.60 Å². The highest BCUT2D eigenvalue weighted by atomic mass is 16.6. The molecule has 2 aliphatic heterocycles. The van der Waals surface area contributed by atoms with E-state index in [-0.39, 0.29) is 19.4 Å². The van der Waals surface area contributed by atoms with Crippen molar-refractivity contribution in [3.63, 3.8) is 0 Å². The Bertz CT molecular complexity index is 326. The highest BCUT2D eigenvalue weighted by Crippen LogP contribution is 2.33. The Balaban J connectivity index is 2.18. The van der Waals surface area contributed by atoms with Crippen LogP contribution in [0.15, 0.2) is 0 Å². The molecule has 76 valence electrons. The molecule has 2 aliphatic rings. The van der Waals surface area contributed by atoms with E-state index in [1.165, 1.54) is 0 Å². The zero-order chi connectivity index (χ0) is 10.3. The molecular weight excluding hydrogens is 190 g/mol. The monoisotopic (exact) mass is 199 g/mol. The molecular formula is C8H9NO5. The van der Waals surface area contributed by atoms with E-state index in [1.807, 2.05) is 0 Å². The Kier molecular flexibility index (Phi) is 1.73. The van der Waals surface area contributed by atoms with Gasteiger partial charge in [-0.25, -0.2) is 0 Å². The molecule has 0 unspecified atom stereocenters. The van der Waals surface area contributed by atoms with E-state index in [9.17, 15) is 14.4 Å². The van der Waals surface area contributed by atoms with Gasteiger partial charge in [-0.2, -0.15) is 0 Å². The van der Waals surface area contributed by atoms with Crippen molar-refractivity contribution in [2.75, 3.05) is 6.54 Å². The number of carboxylic acids is 1. The number of carboxylic acid groups (broad SMARTS) is 1. The first kappa shape index (κ1) is 8.98. The molecule has 2 heterocycles. The number of amides is 1. The molecule has 2 rings (SSSR count). The minimum absolute atomic E-state index is 0.0832. The summed E-state index contributed by atoms with van der Waals surface area (Å²) in [5.74, 6) is -2.86. The summed E-state index contributed by atoms with van der Waals surface area (Å²) in [6, 6.07) is 0. The molecule has 1 spiro atoms. The molecule has 0 aromatic rings. The summed E-state index contributed by atoms with van der Waals surface area (Å²) in [7, 11) is 0. The van der Waals surface area contributed by atoms with Gasteiger partial charge in [-0.3, -0.25) is 14.4 Å². The zero-order valence-corrected chi connectivity index (χ0v) is 7.28. The normalized spacial score (nSPS) is 35.9. The van der Waals surface area contributed by atoms with Crippen LogP contribution >= 0.6 is 0 Å². The lowest BCUT2D eigenvalue weighted by Crippen LogP contribution is -2.69. The Labute approximate surface area is 79.2 Å². The number of nitrogens with one attached hydrogen (secondary N) is 1. The van der Waals surface area contributed by atoms with Crippen molar-refractivity contribution in [2.45, 2.75) is 18.4 Å². The third-order valence-electron chi connectivity index (χ3n) is 2.60. The summed E-state index contributed by atoms with van der Waals surface area (Å²) >= 11 is 0. The number of carbonyl (C=O) groups excluding carboxylic acids is 2. The summed E-state index contributed by atoms with van der Waals surface area (Å²) < 4.78 is 4.89. The third kappa shape index (κ3) is 1.14. The molecule has 0 saturated carbocycles. The van der Waals surface area contributed by atoms with Crippen molar-refractivity contribution < 1.29 is 24.2 Å². The first-order chi connectivity index (χ1) is 6.53. The number of hydrogen-bond acceptors (Lipinski definition) is 4. The molecule has 1 amide bonds. The summed E-state index contributed by atoms with van der Waals surface area (Å²) in [6.45, 7) is 0.224. The van der Waals surface area contributed by atoms with Gasteiger partial charge < -0.3 is 15.2 Å². The van der Waals surface area contributed by atoms with Crippen molar-refractivity contribution in [3.8, 4) is 0 Å². The van der Waals surface area contributed by atoms with Gasteiger partial charge in [-0.15, -0.1) is 0 Å². The highest BCUT2D eigenvalue weighted by Gasteiger charge is 2.55. The van der Waals surface area contributed by atoms with Gasteiger partial charge in [0.15, 0.2) is 0 Å². The van der Waals surface area contributed by atoms with Crippen molar-refractivity contribution in [3.05, 3.63) is 0 Å².